The van der Waals surface area contributed by atoms with E-state index >= 15 is 0 Å². The molecule has 0 spiro atoms. The second-order valence-corrected chi connectivity index (χ2v) is 5.12. The van der Waals surface area contributed by atoms with E-state index in [1.807, 2.05) is 49.2 Å². The number of aliphatic carboxylic acids is 1. The van der Waals surface area contributed by atoms with Crippen LogP contribution in [0.15, 0.2) is 30.3 Å². The Bertz CT molecular complexity index is 406. The van der Waals surface area contributed by atoms with Gasteiger partial charge in [0.05, 0.1) is 0 Å². The first-order valence-electron chi connectivity index (χ1n) is 6.68. The number of benzene rings is 1. The molecule has 4 nitrogen and oxygen atoms in total. The third-order valence-electron chi connectivity index (χ3n) is 3.48. The molecule has 4 heteroatoms. The Morgan fingerprint density at radius 1 is 1.37 bits per heavy atom. The zero-order valence-corrected chi connectivity index (χ0v) is 12.2. The highest BCUT2D eigenvalue weighted by Crippen LogP contribution is 2.23. The van der Waals surface area contributed by atoms with Crippen molar-refractivity contribution < 1.29 is 9.90 Å². The Labute approximate surface area is 115 Å². The largest absolute Gasteiger partial charge is 0.480 e. The van der Waals surface area contributed by atoms with Crippen LogP contribution in [0.25, 0.3) is 0 Å². The van der Waals surface area contributed by atoms with Crippen molar-refractivity contribution in [2.45, 2.75) is 32.4 Å². The third-order valence-corrected chi connectivity index (χ3v) is 3.48. The monoisotopic (exact) mass is 264 g/mol. The highest BCUT2D eigenvalue weighted by Gasteiger charge is 2.40. The molecule has 1 unspecified atom stereocenters. The smallest absolute Gasteiger partial charge is 0.329 e. The SMILES string of the molecule is CCNC(CN(C)C(C)C)(C(=O)O)c1ccccc1. The van der Waals surface area contributed by atoms with Gasteiger partial charge in [-0.1, -0.05) is 37.3 Å². The van der Waals surface area contributed by atoms with Crippen molar-refractivity contribution in [3.8, 4) is 0 Å². The molecule has 0 aromatic heterocycles. The van der Waals surface area contributed by atoms with Crippen molar-refractivity contribution in [1.82, 2.24) is 10.2 Å². The maximum Gasteiger partial charge on any atom is 0.329 e. The lowest BCUT2D eigenvalue weighted by Gasteiger charge is -2.36. The predicted molar refractivity (Wildman–Crippen MR) is 77.2 cm³/mol. The molecule has 0 aliphatic heterocycles. The average molecular weight is 264 g/mol. The van der Waals surface area contributed by atoms with E-state index in [1.165, 1.54) is 0 Å². The maximum atomic E-state index is 11.9. The molecule has 0 amide bonds. The number of likely N-dealkylation sites (N-methyl/N-ethyl adjacent to an activating group) is 2. The maximum absolute atomic E-state index is 11.9. The third kappa shape index (κ3) is 3.55. The molecule has 0 radical (unpaired) electrons. The van der Waals surface area contributed by atoms with Crippen LogP contribution in [0.4, 0.5) is 0 Å². The molecule has 1 aromatic carbocycles. The summed E-state index contributed by atoms with van der Waals surface area (Å²) in [5, 5.41) is 12.9. The zero-order chi connectivity index (χ0) is 14.5. The molecule has 1 aromatic rings. The fourth-order valence-corrected chi connectivity index (χ4v) is 2.10. The minimum atomic E-state index is -1.06. The molecular weight excluding hydrogens is 240 g/mol. The Hall–Kier alpha value is -1.39. The van der Waals surface area contributed by atoms with Gasteiger partial charge >= 0.3 is 5.97 Å². The molecule has 2 N–H and O–H groups in total. The van der Waals surface area contributed by atoms with Crippen LogP contribution in [0.5, 0.6) is 0 Å². The van der Waals surface area contributed by atoms with E-state index in [1.54, 1.807) is 0 Å². The Morgan fingerprint density at radius 3 is 2.37 bits per heavy atom. The number of nitrogens with one attached hydrogen (secondary N) is 1. The summed E-state index contributed by atoms with van der Waals surface area (Å²) >= 11 is 0. The van der Waals surface area contributed by atoms with Gasteiger partial charge in [0.25, 0.3) is 0 Å². The highest BCUT2D eigenvalue weighted by molar-refractivity contribution is 5.81. The van der Waals surface area contributed by atoms with Crippen LogP contribution < -0.4 is 5.32 Å². The quantitative estimate of drug-likeness (QED) is 0.790. The van der Waals surface area contributed by atoms with E-state index in [4.69, 9.17) is 0 Å². The van der Waals surface area contributed by atoms with Crippen LogP contribution >= 0.6 is 0 Å². The first-order chi connectivity index (χ1) is 8.94. The lowest BCUT2D eigenvalue weighted by atomic mass is 9.88. The molecular formula is C15H24N2O2. The van der Waals surface area contributed by atoms with Crippen molar-refractivity contribution in [3.05, 3.63) is 35.9 Å². The molecule has 0 heterocycles. The van der Waals surface area contributed by atoms with E-state index in [9.17, 15) is 9.90 Å². The first kappa shape index (κ1) is 15.7. The van der Waals surface area contributed by atoms with E-state index in [0.717, 1.165) is 5.56 Å². The number of carboxylic acid groups (broad SMARTS) is 1. The minimum absolute atomic E-state index is 0.293. The average Bonchev–Trinajstić information content (AvgIpc) is 2.38. The molecule has 106 valence electrons. The summed E-state index contributed by atoms with van der Waals surface area (Å²) in [6, 6.07) is 9.67. The molecule has 0 fully saturated rings. The van der Waals surface area contributed by atoms with Crippen molar-refractivity contribution in [2.24, 2.45) is 0 Å². The fraction of sp³-hybridized carbons (Fsp3) is 0.533. The van der Waals surface area contributed by atoms with E-state index in [0.29, 0.717) is 19.1 Å². The normalized spacial score (nSPS) is 14.6. The minimum Gasteiger partial charge on any atom is -0.480 e. The lowest BCUT2D eigenvalue weighted by Crippen LogP contribution is -2.56. The fourth-order valence-electron chi connectivity index (χ4n) is 2.10. The van der Waals surface area contributed by atoms with Gasteiger partial charge in [-0.25, -0.2) is 4.79 Å². The summed E-state index contributed by atoms with van der Waals surface area (Å²) in [5.74, 6) is -0.840. The number of rotatable bonds is 7. The highest BCUT2D eigenvalue weighted by atomic mass is 16.4. The van der Waals surface area contributed by atoms with E-state index < -0.39 is 11.5 Å². The summed E-state index contributed by atoms with van der Waals surface area (Å²) in [7, 11) is 1.95. The topological polar surface area (TPSA) is 52.6 Å². The van der Waals surface area contributed by atoms with Crippen LogP contribution in [-0.4, -0.2) is 42.2 Å². The summed E-state index contributed by atoms with van der Waals surface area (Å²) in [6.45, 7) is 7.08. The van der Waals surface area contributed by atoms with E-state index in [-0.39, 0.29) is 0 Å². The Balaban J connectivity index is 3.18. The first-order valence-corrected chi connectivity index (χ1v) is 6.68. The molecule has 1 rings (SSSR count). The number of nitrogens with zero attached hydrogens (tertiary/aromatic N) is 1. The lowest BCUT2D eigenvalue weighted by molar-refractivity contribution is -0.146. The van der Waals surface area contributed by atoms with Crippen molar-refractivity contribution in [1.29, 1.82) is 0 Å². The molecule has 0 saturated carbocycles. The summed E-state index contributed by atoms with van der Waals surface area (Å²) in [5.41, 5.74) is -0.272. The van der Waals surface area contributed by atoms with Crippen LogP contribution in [-0.2, 0) is 10.3 Å². The Morgan fingerprint density at radius 2 is 1.95 bits per heavy atom. The number of hydrogen-bond donors (Lipinski definition) is 2. The summed E-state index contributed by atoms with van der Waals surface area (Å²) in [6.07, 6.45) is 0. The van der Waals surface area contributed by atoms with Crippen LogP contribution in [0.1, 0.15) is 26.3 Å². The van der Waals surface area contributed by atoms with Crippen LogP contribution in [0.3, 0.4) is 0 Å². The van der Waals surface area contributed by atoms with Gasteiger partial charge < -0.3 is 10.0 Å². The van der Waals surface area contributed by atoms with E-state index in [2.05, 4.69) is 19.2 Å². The molecule has 0 saturated heterocycles. The van der Waals surface area contributed by atoms with Gasteiger partial charge in [-0.15, -0.1) is 0 Å². The Kier molecular flexibility index (Phi) is 5.51. The van der Waals surface area contributed by atoms with Gasteiger partial charge in [-0.3, -0.25) is 5.32 Å². The molecule has 1 atom stereocenters. The van der Waals surface area contributed by atoms with Gasteiger partial charge in [-0.05, 0) is 33.0 Å². The van der Waals surface area contributed by atoms with Gasteiger partial charge in [0, 0.05) is 12.6 Å². The van der Waals surface area contributed by atoms with Crippen molar-refractivity contribution >= 4 is 5.97 Å². The summed E-state index contributed by atoms with van der Waals surface area (Å²) < 4.78 is 0. The van der Waals surface area contributed by atoms with Gasteiger partial charge in [-0.2, -0.15) is 0 Å². The molecule has 0 aliphatic rings. The standard InChI is InChI=1S/C15H24N2O2/c1-5-16-15(14(18)19,11-17(4)12(2)3)13-9-7-6-8-10-13/h6-10,12,16H,5,11H2,1-4H3,(H,18,19). The molecule has 19 heavy (non-hydrogen) atoms. The van der Waals surface area contributed by atoms with Crippen molar-refractivity contribution in [2.75, 3.05) is 20.1 Å². The van der Waals surface area contributed by atoms with Gasteiger partial charge in [0.15, 0.2) is 5.54 Å². The van der Waals surface area contributed by atoms with Crippen LogP contribution in [0.2, 0.25) is 0 Å². The molecule has 0 aliphatic carbocycles. The number of carboxylic acids is 1. The second kappa shape index (κ2) is 6.68. The van der Waals surface area contributed by atoms with Gasteiger partial charge in [0.2, 0.25) is 0 Å². The molecule has 0 bridgehead atoms. The van der Waals surface area contributed by atoms with Crippen LogP contribution in [0, 0.1) is 0 Å². The zero-order valence-electron chi connectivity index (χ0n) is 12.2. The number of carbonyl (C=O) groups is 1. The number of hydrogen-bond acceptors (Lipinski definition) is 3. The predicted octanol–water partition coefficient (Wildman–Crippen LogP) is 1.92. The van der Waals surface area contributed by atoms with Gasteiger partial charge in [0.1, 0.15) is 0 Å². The second-order valence-electron chi connectivity index (χ2n) is 5.12. The summed E-state index contributed by atoms with van der Waals surface area (Å²) in [4.78, 5) is 13.9. The van der Waals surface area contributed by atoms with Crippen molar-refractivity contribution in [3.63, 3.8) is 0 Å².